The van der Waals surface area contributed by atoms with E-state index in [0.717, 1.165) is 5.56 Å². The molecule has 0 fully saturated rings. The van der Waals surface area contributed by atoms with Gasteiger partial charge in [-0.15, -0.1) is 5.54 Å². The Kier molecular flexibility index (Phi) is 7.49. The minimum atomic E-state index is -1.69. The summed E-state index contributed by atoms with van der Waals surface area (Å²) >= 11 is 0. The highest BCUT2D eigenvalue weighted by Crippen LogP contribution is 2.40. The van der Waals surface area contributed by atoms with Crippen LogP contribution in [0.25, 0.3) is 10.8 Å². The van der Waals surface area contributed by atoms with Gasteiger partial charge in [0, 0.05) is 10.8 Å². The minimum absolute atomic E-state index is 0. The highest BCUT2D eigenvalue weighted by Gasteiger charge is 2.41. The maximum atomic E-state index is 3.84. The molecular weight excluding hydrogens is 421 g/mol. The zero-order valence-corrected chi connectivity index (χ0v) is 19.2. The van der Waals surface area contributed by atoms with Crippen molar-refractivity contribution < 1.29 is 28.5 Å². The van der Waals surface area contributed by atoms with Crippen LogP contribution in [0.1, 0.15) is 47.1 Å². The van der Waals surface area contributed by atoms with Gasteiger partial charge < -0.3 is 24.0 Å². The summed E-state index contributed by atoms with van der Waals surface area (Å²) in [5.74, 6) is 3.60. The van der Waals surface area contributed by atoms with Gasteiger partial charge in [-0.05, 0) is 22.7 Å². The standard InChI is InChI=1S/C21H30NSi.HI/c1-16(2)23(17(3)4,18(5)6)13-12-20-15-22(7)14-19-10-8-9-11-21(19)20;/h8-11,14-18H,1-7H3;1H/q+1;/p-1. The predicted octanol–water partition coefficient (Wildman–Crippen LogP) is 2.24. The minimum Gasteiger partial charge on any atom is -1.00 e. The van der Waals surface area contributed by atoms with Gasteiger partial charge >= 0.3 is 0 Å². The van der Waals surface area contributed by atoms with Crippen molar-refractivity contribution in [3.05, 3.63) is 42.2 Å². The average molecular weight is 451 g/mol. The van der Waals surface area contributed by atoms with Crippen molar-refractivity contribution in [3.63, 3.8) is 0 Å². The van der Waals surface area contributed by atoms with E-state index in [-0.39, 0.29) is 24.0 Å². The molecule has 0 bridgehead atoms. The third-order valence-electron chi connectivity index (χ3n) is 5.21. The maximum absolute atomic E-state index is 3.84. The number of aryl methyl sites for hydroxylation is 1. The number of halogens is 1. The predicted molar refractivity (Wildman–Crippen MR) is 103 cm³/mol. The molecular formula is C21H30INSi. The largest absolute Gasteiger partial charge is 1.00 e. The number of nitrogens with zero attached hydrogens (tertiary/aromatic N) is 1. The molecule has 0 saturated carbocycles. The first-order chi connectivity index (χ1) is 10.8. The van der Waals surface area contributed by atoms with Crippen LogP contribution in [0.2, 0.25) is 16.6 Å². The van der Waals surface area contributed by atoms with Crippen LogP contribution in [-0.2, 0) is 7.05 Å². The van der Waals surface area contributed by atoms with Crippen LogP contribution >= 0.6 is 0 Å². The van der Waals surface area contributed by atoms with Gasteiger partial charge in [-0.1, -0.05) is 65.7 Å². The number of rotatable bonds is 3. The number of hydrogen-bond donors (Lipinski definition) is 0. The van der Waals surface area contributed by atoms with E-state index >= 15 is 0 Å². The Bertz CT molecular complexity index is 731. The number of hydrogen-bond acceptors (Lipinski definition) is 0. The number of pyridine rings is 1. The maximum Gasteiger partial charge on any atom is 0.184 e. The van der Waals surface area contributed by atoms with Gasteiger partial charge in [0.05, 0.1) is 5.56 Å². The van der Waals surface area contributed by atoms with Gasteiger partial charge in [0.25, 0.3) is 0 Å². The topological polar surface area (TPSA) is 3.88 Å². The van der Waals surface area contributed by atoms with Crippen molar-refractivity contribution >= 4 is 18.8 Å². The van der Waals surface area contributed by atoms with E-state index in [2.05, 4.69) is 101 Å². The molecule has 0 radical (unpaired) electrons. The van der Waals surface area contributed by atoms with Crippen LogP contribution in [-0.4, -0.2) is 8.07 Å². The monoisotopic (exact) mass is 451 g/mol. The first-order valence-corrected chi connectivity index (χ1v) is 10.9. The zero-order chi connectivity index (χ0) is 17.2. The summed E-state index contributed by atoms with van der Waals surface area (Å²) in [6, 6.07) is 8.54. The normalized spacial score (nSPS) is 11.6. The van der Waals surface area contributed by atoms with Gasteiger partial charge in [0.15, 0.2) is 12.4 Å². The lowest BCUT2D eigenvalue weighted by Crippen LogP contribution is -3.00. The fourth-order valence-corrected chi connectivity index (χ4v) is 9.31. The van der Waals surface area contributed by atoms with E-state index in [1.54, 1.807) is 0 Å². The molecule has 0 saturated heterocycles. The lowest BCUT2D eigenvalue weighted by atomic mass is 10.1. The van der Waals surface area contributed by atoms with Crippen molar-refractivity contribution in [3.8, 4) is 11.5 Å². The molecule has 24 heavy (non-hydrogen) atoms. The molecule has 0 aliphatic carbocycles. The molecule has 130 valence electrons. The van der Waals surface area contributed by atoms with Crippen molar-refractivity contribution in [1.29, 1.82) is 0 Å². The Labute approximate surface area is 165 Å². The number of fused-ring (bicyclic) bond motifs is 1. The van der Waals surface area contributed by atoms with Gasteiger partial charge in [-0.2, -0.15) is 0 Å². The van der Waals surface area contributed by atoms with Gasteiger partial charge in [-0.25, -0.2) is 4.57 Å². The van der Waals surface area contributed by atoms with Gasteiger partial charge in [-0.3, -0.25) is 0 Å². The summed E-state index contributed by atoms with van der Waals surface area (Å²) in [5, 5.41) is 2.52. The quantitative estimate of drug-likeness (QED) is 0.292. The molecule has 0 unspecified atom stereocenters. The van der Waals surface area contributed by atoms with Crippen molar-refractivity contribution in [2.75, 3.05) is 0 Å². The van der Waals surface area contributed by atoms with E-state index in [0.29, 0.717) is 16.6 Å². The summed E-state index contributed by atoms with van der Waals surface area (Å²) < 4.78 is 2.12. The first kappa shape index (κ1) is 21.2. The smallest absolute Gasteiger partial charge is 0.184 e. The second-order valence-corrected chi connectivity index (χ2v) is 13.2. The molecule has 1 nitrogen and oxygen atoms in total. The lowest BCUT2D eigenvalue weighted by molar-refractivity contribution is -0.670. The Morgan fingerprint density at radius 1 is 0.875 bits per heavy atom. The van der Waals surface area contributed by atoms with Crippen LogP contribution in [0.15, 0.2) is 36.7 Å². The molecule has 3 heteroatoms. The second kappa shape index (κ2) is 8.49. The lowest BCUT2D eigenvalue weighted by Gasteiger charge is -2.38. The third kappa shape index (κ3) is 4.03. The fourth-order valence-electron chi connectivity index (χ4n) is 4.09. The second-order valence-electron chi connectivity index (χ2n) is 7.57. The van der Waals surface area contributed by atoms with Crippen LogP contribution in [0.3, 0.4) is 0 Å². The Morgan fingerprint density at radius 3 is 1.96 bits per heavy atom. The van der Waals surface area contributed by atoms with Crippen LogP contribution in [0, 0.1) is 11.5 Å². The molecule has 0 spiro atoms. The van der Waals surface area contributed by atoms with E-state index < -0.39 is 8.07 Å². The van der Waals surface area contributed by atoms with Gasteiger partial charge in [0.2, 0.25) is 0 Å². The number of benzene rings is 1. The van der Waals surface area contributed by atoms with Crippen LogP contribution in [0.5, 0.6) is 0 Å². The van der Waals surface area contributed by atoms with Crippen molar-refractivity contribution in [2.45, 2.75) is 58.2 Å². The summed E-state index contributed by atoms with van der Waals surface area (Å²) in [4.78, 5) is 0. The number of aromatic nitrogens is 1. The molecule has 1 aromatic carbocycles. The molecule has 0 aliphatic heterocycles. The van der Waals surface area contributed by atoms with Crippen LogP contribution in [0.4, 0.5) is 0 Å². The Balaban J connectivity index is 0.00000288. The fraction of sp³-hybridized carbons (Fsp3) is 0.476. The molecule has 2 rings (SSSR count). The molecule has 1 aromatic heterocycles. The zero-order valence-electron chi connectivity index (χ0n) is 16.0. The van der Waals surface area contributed by atoms with Crippen molar-refractivity contribution in [1.82, 2.24) is 0 Å². The summed E-state index contributed by atoms with van der Waals surface area (Å²) in [6.45, 7) is 14.2. The summed E-state index contributed by atoms with van der Waals surface area (Å²) in [6.07, 6.45) is 4.33. The Morgan fingerprint density at radius 2 is 1.42 bits per heavy atom. The van der Waals surface area contributed by atoms with Crippen molar-refractivity contribution in [2.24, 2.45) is 7.05 Å². The highest BCUT2D eigenvalue weighted by molar-refractivity contribution is 6.90. The van der Waals surface area contributed by atoms with E-state index in [4.69, 9.17) is 0 Å². The molecule has 0 amide bonds. The van der Waals surface area contributed by atoms with Gasteiger partial charge in [0.1, 0.15) is 15.1 Å². The highest BCUT2D eigenvalue weighted by atomic mass is 127. The third-order valence-corrected chi connectivity index (χ3v) is 11.5. The first-order valence-electron chi connectivity index (χ1n) is 8.70. The summed E-state index contributed by atoms with van der Waals surface area (Å²) in [7, 11) is 0.394. The van der Waals surface area contributed by atoms with E-state index in [1.165, 1.54) is 10.8 Å². The molecule has 2 aromatic rings. The molecule has 1 heterocycles. The molecule has 0 aliphatic rings. The Hall–Kier alpha value is -0.863. The average Bonchev–Trinajstić information content (AvgIpc) is 2.46. The SMILES string of the molecule is CC(C)[Si](C#Cc1c[n+](C)cc2ccccc12)(C(C)C)C(C)C.[I-]. The van der Waals surface area contributed by atoms with E-state index in [1.807, 2.05) is 0 Å². The summed E-state index contributed by atoms with van der Waals surface area (Å²) in [5.41, 5.74) is 7.00. The van der Waals surface area contributed by atoms with E-state index in [9.17, 15) is 0 Å². The molecule has 0 atom stereocenters. The molecule has 0 N–H and O–H groups in total. The van der Waals surface area contributed by atoms with Crippen LogP contribution < -0.4 is 28.5 Å².